The van der Waals surface area contributed by atoms with E-state index in [1.54, 1.807) is 0 Å². The Bertz CT molecular complexity index is 455. The molecule has 3 N–H and O–H groups in total. The summed E-state index contributed by atoms with van der Waals surface area (Å²) in [5.74, 6) is -0.333. The molecule has 0 saturated carbocycles. The van der Waals surface area contributed by atoms with Crippen LogP contribution in [-0.4, -0.2) is 36.5 Å². The lowest BCUT2D eigenvalue weighted by Gasteiger charge is -2.26. The molecule has 1 unspecified atom stereocenters. The molecule has 0 bridgehead atoms. The molecular formula is C17H27N3O. The summed E-state index contributed by atoms with van der Waals surface area (Å²) in [6.07, 6.45) is 4.89. The first-order chi connectivity index (χ1) is 10.2. The van der Waals surface area contributed by atoms with Crippen molar-refractivity contribution in [3.63, 3.8) is 0 Å². The van der Waals surface area contributed by atoms with Gasteiger partial charge in [-0.25, -0.2) is 0 Å². The van der Waals surface area contributed by atoms with Crippen molar-refractivity contribution in [3.8, 4) is 0 Å². The number of hydrogen-bond donors (Lipinski definition) is 2. The summed E-state index contributed by atoms with van der Waals surface area (Å²) in [5.41, 5.74) is 7.18. The number of hydrogen-bond acceptors (Lipinski definition) is 3. The van der Waals surface area contributed by atoms with Crippen molar-refractivity contribution in [2.75, 3.05) is 19.6 Å². The Morgan fingerprint density at radius 1 is 1.43 bits per heavy atom. The zero-order valence-corrected chi connectivity index (χ0v) is 13.0. The largest absolute Gasteiger partial charge is 0.366 e. The Morgan fingerprint density at radius 2 is 2.24 bits per heavy atom. The summed E-state index contributed by atoms with van der Waals surface area (Å²) >= 11 is 0. The Balaban J connectivity index is 2.04. The maximum absolute atomic E-state index is 11.6. The van der Waals surface area contributed by atoms with Crippen LogP contribution < -0.4 is 11.1 Å². The van der Waals surface area contributed by atoms with Gasteiger partial charge in [0, 0.05) is 24.7 Å². The van der Waals surface area contributed by atoms with Crippen LogP contribution in [0, 0.1) is 0 Å². The van der Waals surface area contributed by atoms with Gasteiger partial charge in [-0.3, -0.25) is 9.69 Å². The highest BCUT2D eigenvalue weighted by atomic mass is 16.1. The van der Waals surface area contributed by atoms with Gasteiger partial charge >= 0.3 is 0 Å². The number of primary amides is 1. The highest BCUT2D eigenvalue weighted by Crippen LogP contribution is 2.14. The van der Waals surface area contributed by atoms with Crippen molar-refractivity contribution in [1.29, 1.82) is 0 Å². The molecule has 1 aliphatic rings. The summed E-state index contributed by atoms with van der Waals surface area (Å²) < 4.78 is 0. The normalized spacial score (nSPS) is 18.3. The predicted octanol–water partition coefficient (Wildman–Crippen LogP) is 2.14. The fraction of sp³-hybridized carbons (Fsp3) is 0.588. The first kappa shape index (κ1) is 16.0. The van der Waals surface area contributed by atoms with Gasteiger partial charge in [-0.1, -0.05) is 31.5 Å². The second-order valence-corrected chi connectivity index (χ2v) is 5.90. The van der Waals surface area contributed by atoms with Crippen LogP contribution in [0.15, 0.2) is 24.3 Å². The molecule has 1 aromatic carbocycles. The van der Waals surface area contributed by atoms with Crippen LogP contribution >= 0.6 is 0 Å². The van der Waals surface area contributed by atoms with Crippen molar-refractivity contribution in [1.82, 2.24) is 10.2 Å². The topological polar surface area (TPSA) is 58.4 Å². The number of amides is 1. The molecule has 0 aromatic heterocycles. The summed E-state index contributed by atoms with van der Waals surface area (Å²) in [5, 5.41) is 3.55. The monoisotopic (exact) mass is 289 g/mol. The fourth-order valence-corrected chi connectivity index (χ4v) is 2.98. The van der Waals surface area contributed by atoms with E-state index in [0.29, 0.717) is 11.6 Å². The van der Waals surface area contributed by atoms with Gasteiger partial charge in [0.2, 0.25) is 5.91 Å². The van der Waals surface area contributed by atoms with Crippen LogP contribution in [0.25, 0.3) is 0 Å². The van der Waals surface area contributed by atoms with E-state index in [1.165, 1.54) is 25.7 Å². The van der Waals surface area contributed by atoms with E-state index < -0.39 is 0 Å². The Labute approximate surface area is 127 Å². The quantitative estimate of drug-likeness (QED) is 0.771. The maximum atomic E-state index is 11.6. The van der Waals surface area contributed by atoms with E-state index in [9.17, 15) is 4.79 Å². The molecular weight excluding hydrogens is 262 g/mol. The third-order valence-corrected chi connectivity index (χ3v) is 4.15. The van der Waals surface area contributed by atoms with Gasteiger partial charge in [0.05, 0.1) is 0 Å². The van der Waals surface area contributed by atoms with E-state index in [0.717, 1.165) is 31.7 Å². The number of benzene rings is 1. The van der Waals surface area contributed by atoms with Crippen molar-refractivity contribution in [2.24, 2.45) is 5.73 Å². The molecule has 0 radical (unpaired) electrons. The molecule has 1 amide bonds. The summed E-state index contributed by atoms with van der Waals surface area (Å²) in [6, 6.07) is 8.28. The molecule has 0 aliphatic carbocycles. The minimum atomic E-state index is -0.333. The first-order valence-electron chi connectivity index (χ1n) is 8.04. The molecule has 4 nitrogen and oxygen atoms in total. The minimum absolute atomic E-state index is 0.333. The van der Waals surface area contributed by atoms with Crippen molar-refractivity contribution in [3.05, 3.63) is 35.4 Å². The molecule has 1 atom stereocenters. The Kier molecular flexibility index (Phi) is 6.21. The smallest absolute Gasteiger partial charge is 0.249 e. The molecule has 1 fully saturated rings. The number of nitrogens with zero attached hydrogens (tertiary/aromatic N) is 1. The van der Waals surface area contributed by atoms with Gasteiger partial charge in [-0.15, -0.1) is 0 Å². The first-order valence-corrected chi connectivity index (χ1v) is 8.04. The van der Waals surface area contributed by atoms with Crippen LogP contribution in [0.5, 0.6) is 0 Å². The Hall–Kier alpha value is -1.39. The molecule has 1 aromatic rings. The maximum Gasteiger partial charge on any atom is 0.249 e. The van der Waals surface area contributed by atoms with Crippen LogP contribution in [0.4, 0.5) is 0 Å². The molecule has 116 valence electrons. The summed E-state index contributed by atoms with van der Waals surface area (Å²) in [6.45, 7) is 6.26. The van der Waals surface area contributed by atoms with Crippen molar-refractivity contribution in [2.45, 2.75) is 45.2 Å². The van der Waals surface area contributed by atoms with E-state index in [2.05, 4.69) is 17.1 Å². The van der Waals surface area contributed by atoms with Crippen molar-refractivity contribution >= 4 is 5.91 Å². The zero-order chi connectivity index (χ0) is 15.1. The average molecular weight is 289 g/mol. The van der Waals surface area contributed by atoms with Crippen LogP contribution in [0.3, 0.4) is 0 Å². The third kappa shape index (κ3) is 4.83. The SMILES string of the molecule is CCCCN(Cc1ccccc1C(N)=O)CC1CCCN1. The van der Waals surface area contributed by atoms with Gasteiger partial charge in [-0.05, 0) is 44.0 Å². The molecule has 2 rings (SSSR count). The number of unbranched alkanes of at least 4 members (excludes halogenated alkanes) is 1. The molecule has 21 heavy (non-hydrogen) atoms. The van der Waals surface area contributed by atoms with Crippen LogP contribution in [0.2, 0.25) is 0 Å². The second-order valence-electron chi connectivity index (χ2n) is 5.90. The molecule has 1 saturated heterocycles. The highest BCUT2D eigenvalue weighted by Gasteiger charge is 2.19. The van der Waals surface area contributed by atoms with Gasteiger partial charge in [0.15, 0.2) is 0 Å². The van der Waals surface area contributed by atoms with Crippen LogP contribution in [-0.2, 0) is 6.54 Å². The zero-order valence-electron chi connectivity index (χ0n) is 13.0. The van der Waals surface area contributed by atoms with Gasteiger partial charge in [0.1, 0.15) is 0 Å². The minimum Gasteiger partial charge on any atom is -0.366 e. The fourth-order valence-electron chi connectivity index (χ4n) is 2.98. The number of carbonyl (C=O) groups is 1. The lowest BCUT2D eigenvalue weighted by molar-refractivity contribution is 0.0998. The van der Waals surface area contributed by atoms with Gasteiger partial charge in [-0.2, -0.15) is 0 Å². The van der Waals surface area contributed by atoms with Crippen molar-refractivity contribution < 1.29 is 4.79 Å². The van der Waals surface area contributed by atoms with Gasteiger partial charge in [0.25, 0.3) is 0 Å². The van der Waals surface area contributed by atoms with Gasteiger partial charge < -0.3 is 11.1 Å². The van der Waals surface area contributed by atoms with Crippen LogP contribution in [0.1, 0.15) is 48.5 Å². The number of nitrogens with one attached hydrogen (secondary N) is 1. The lowest BCUT2D eigenvalue weighted by atomic mass is 10.1. The number of nitrogens with two attached hydrogens (primary N) is 1. The van der Waals surface area contributed by atoms with E-state index in [1.807, 2.05) is 24.3 Å². The second kappa shape index (κ2) is 8.15. The standard InChI is InChI=1S/C17H27N3O/c1-2-3-11-20(13-15-8-6-10-19-15)12-14-7-4-5-9-16(14)17(18)21/h4-5,7,9,15,19H,2-3,6,8,10-13H2,1H3,(H2,18,21). The average Bonchev–Trinajstić information content (AvgIpc) is 2.98. The van der Waals surface area contributed by atoms with E-state index in [4.69, 9.17) is 5.73 Å². The summed E-state index contributed by atoms with van der Waals surface area (Å²) in [7, 11) is 0. The van der Waals surface area contributed by atoms with E-state index >= 15 is 0 Å². The summed E-state index contributed by atoms with van der Waals surface area (Å²) in [4.78, 5) is 14.0. The number of carbonyl (C=O) groups excluding carboxylic acids is 1. The van der Waals surface area contributed by atoms with E-state index in [-0.39, 0.29) is 5.91 Å². The Morgan fingerprint density at radius 3 is 2.90 bits per heavy atom. The third-order valence-electron chi connectivity index (χ3n) is 4.15. The highest BCUT2D eigenvalue weighted by molar-refractivity contribution is 5.94. The molecule has 4 heteroatoms. The predicted molar refractivity (Wildman–Crippen MR) is 86.2 cm³/mol. The molecule has 0 spiro atoms. The number of rotatable bonds is 8. The lowest BCUT2D eigenvalue weighted by Crippen LogP contribution is -2.38. The molecule has 1 heterocycles. The molecule has 1 aliphatic heterocycles.